The summed E-state index contributed by atoms with van der Waals surface area (Å²) < 4.78 is 9.35. The van der Waals surface area contributed by atoms with Gasteiger partial charge in [-0.2, -0.15) is 0 Å². The predicted molar refractivity (Wildman–Crippen MR) is 98.6 cm³/mol. The number of aromatic amines is 1. The highest BCUT2D eigenvalue weighted by molar-refractivity contribution is 7.71. The van der Waals surface area contributed by atoms with Crippen LogP contribution in [0.2, 0.25) is 0 Å². The topological polar surface area (TPSA) is 150 Å². The molecule has 1 aromatic rings. The largest absolute Gasteiger partial charge is 0.394 e. The lowest BCUT2D eigenvalue weighted by Crippen LogP contribution is -2.27. The van der Waals surface area contributed by atoms with Crippen molar-refractivity contribution in [2.24, 2.45) is 9.98 Å². The second-order valence-corrected chi connectivity index (χ2v) is 7.04. The number of nitrogens with zero attached hydrogens (tertiary/aromatic N) is 8. The number of aromatic nitrogens is 6. The van der Waals surface area contributed by atoms with Crippen LogP contribution in [0, 0.1) is 4.64 Å². The minimum Gasteiger partial charge on any atom is -0.394 e. The summed E-state index contributed by atoms with van der Waals surface area (Å²) >= 11 is 5.17. The third kappa shape index (κ3) is 3.04. The molecule has 1 unspecified atom stereocenters. The molecule has 0 aliphatic carbocycles. The average Bonchev–Trinajstić information content (AvgIpc) is 3.43. The molecule has 4 aliphatic rings. The lowest BCUT2D eigenvalue weighted by atomic mass is 10.2. The van der Waals surface area contributed by atoms with Gasteiger partial charge < -0.3 is 24.5 Å². The molecular weight excluding hydrogens is 398 g/mol. The van der Waals surface area contributed by atoms with Gasteiger partial charge in [0.2, 0.25) is 16.7 Å². The lowest BCUT2D eigenvalue weighted by Gasteiger charge is -2.14. The lowest BCUT2D eigenvalue weighted by molar-refractivity contribution is -0.415. The number of hydrogen-bond acceptors (Lipinski definition) is 8. The van der Waals surface area contributed by atoms with E-state index in [9.17, 15) is 10.2 Å². The Kier molecular flexibility index (Phi) is 4.24. The Morgan fingerprint density at radius 2 is 2.21 bits per heavy atom. The van der Waals surface area contributed by atoms with Crippen molar-refractivity contribution in [1.29, 1.82) is 0 Å². The maximum atomic E-state index is 9.93. The van der Waals surface area contributed by atoms with Gasteiger partial charge in [0.1, 0.15) is 18.7 Å². The van der Waals surface area contributed by atoms with E-state index in [0.717, 1.165) is 0 Å². The molecule has 5 heterocycles. The molecule has 0 bridgehead atoms. The summed E-state index contributed by atoms with van der Waals surface area (Å²) in [7, 11) is 1.75. The van der Waals surface area contributed by atoms with Crippen LogP contribution in [0.25, 0.3) is 11.5 Å². The van der Waals surface area contributed by atoms with E-state index in [1.54, 1.807) is 28.7 Å². The number of aliphatic hydroxyl groups is 2. The van der Waals surface area contributed by atoms with Crippen molar-refractivity contribution in [1.82, 2.24) is 29.5 Å². The standard InChI is InChI=1S/C16H15N9O3S/c1-24(16-21-11-13(23-16)17-5-18-14(11)29)15-20-7-3-25(6-19-12(7)22-15)10-2-8(27)9(4-26)28-10/h3,5-6,8-10,26-27H,2,4H2,1H3/p+1/t8-,9+,10?/m0/s1. The van der Waals surface area contributed by atoms with Crippen molar-refractivity contribution in [3.63, 3.8) is 0 Å². The van der Waals surface area contributed by atoms with Crippen LogP contribution in [-0.2, 0) is 4.74 Å². The summed E-state index contributed by atoms with van der Waals surface area (Å²) in [5.74, 6) is 1.21. The van der Waals surface area contributed by atoms with E-state index in [2.05, 4.69) is 34.9 Å². The molecule has 29 heavy (non-hydrogen) atoms. The fourth-order valence-corrected chi connectivity index (χ4v) is 3.41. The van der Waals surface area contributed by atoms with Crippen molar-refractivity contribution in [2.75, 3.05) is 13.7 Å². The van der Waals surface area contributed by atoms with Gasteiger partial charge in [-0.05, 0) is 0 Å². The minimum absolute atomic E-state index is 0.244. The SMILES string of the molecule is C[N+](=C1N=c2[nH]cnc(=S)c2=N1)c1nc2cn(C3C[C@H](O)[C@@H](CO)O3)cnc-2n1. The number of rotatable bonds is 3. The molecule has 0 aromatic carbocycles. The van der Waals surface area contributed by atoms with Gasteiger partial charge >= 0.3 is 11.9 Å². The van der Waals surface area contributed by atoms with Crippen LogP contribution < -0.4 is 10.8 Å². The first kappa shape index (κ1) is 18.1. The molecule has 0 saturated carbocycles. The molecule has 4 aliphatic heterocycles. The van der Waals surface area contributed by atoms with Crippen molar-refractivity contribution in [2.45, 2.75) is 24.9 Å². The number of imidazole rings is 1. The highest BCUT2D eigenvalue weighted by Gasteiger charge is 2.35. The number of fused-ring (bicyclic) bond motifs is 2. The molecule has 3 N–H and O–H groups in total. The first-order valence-corrected chi connectivity index (χ1v) is 9.22. The monoisotopic (exact) mass is 414 g/mol. The number of nitrogens with one attached hydrogen (secondary N) is 1. The molecule has 1 aromatic heterocycles. The summed E-state index contributed by atoms with van der Waals surface area (Å²) in [6, 6.07) is 0. The van der Waals surface area contributed by atoms with Gasteiger partial charge in [-0.3, -0.25) is 0 Å². The fourth-order valence-electron chi connectivity index (χ4n) is 3.22. The van der Waals surface area contributed by atoms with Crippen molar-refractivity contribution >= 4 is 24.1 Å². The van der Waals surface area contributed by atoms with Crippen LogP contribution in [0.1, 0.15) is 12.6 Å². The van der Waals surface area contributed by atoms with Crippen LogP contribution >= 0.6 is 12.2 Å². The molecular formula is C16H16N9O3S+. The maximum absolute atomic E-state index is 9.93. The highest BCUT2D eigenvalue weighted by atomic mass is 32.1. The van der Waals surface area contributed by atoms with E-state index in [-0.39, 0.29) is 6.61 Å². The van der Waals surface area contributed by atoms with Gasteiger partial charge in [0.15, 0.2) is 10.3 Å². The van der Waals surface area contributed by atoms with E-state index >= 15 is 0 Å². The molecule has 5 rings (SSSR count). The molecule has 0 spiro atoms. The smallest absolute Gasteiger partial charge is 0.359 e. The first-order valence-electron chi connectivity index (χ1n) is 8.81. The maximum Gasteiger partial charge on any atom is 0.359 e. The third-order valence-electron chi connectivity index (χ3n) is 4.79. The zero-order chi connectivity index (χ0) is 20.1. The van der Waals surface area contributed by atoms with Crippen molar-refractivity contribution in [3.05, 3.63) is 34.3 Å². The van der Waals surface area contributed by atoms with E-state index in [0.29, 0.717) is 45.3 Å². The Morgan fingerprint density at radius 1 is 1.34 bits per heavy atom. The average molecular weight is 414 g/mol. The molecule has 0 amide bonds. The molecule has 1 fully saturated rings. The number of H-pyrrole nitrogens is 1. The van der Waals surface area contributed by atoms with Gasteiger partial charge in [-0.25, -0.2) is 14.5 Å². The van der Waals surface area contributed by atoms with Gasteiger partial charge in [0.25, 0.3) is 0 Å². The quantitative estimate of drug-likeness (QED) is 0.345. The summed E-state index contributed by atoms with van der Waals surface area (Å²) in [5.41, 5.74) is 1.09. The summed E-state index contributed by atoms with van der Waals surface area (Å²) in [5, 5.41) is 19.7. The predicted octanol–water partition coefficient (Wildman–Crippen LogP) is -1.55. The van der Waals surface area contributed by atoms with E-state index < -0.39 is 18.4 Å². The fraction of sp³-hybridized carbons (Fsp3) is 0.375. The highest BCUT2D eigenvalue weighted by Crippen LogP contribution is 2.30. The van der Waals surface area contributed by atoms with E-state index in [4.69, 9.17) is 17.0 Å². The zero-order valence-electron chi connectivity index (χ0n) is 15.2. The minimum atomic E-state index is -0.732. The molecule has 0 radical (unpaired) electrons. The van der Waals surface area contributed by atoms with Crippen LogP contribution in [0.4, 0.5) is 5.95 Å². The second-order valence-electron chi connectivity index (χ2n) is 6.66. The third-order valence-corrected chi connectivity index (χ3v) is 5.09. The second kappa shape index (κ2) is 6.81. The van der Waals surface area contributed by atoms with Crippen molar-refractivity contribution in [3.8, 4) is 11.5 Å². The molecule has 1 saturated heterocycles. The number of hydrogen-bond donors (Lipinski definition) is 3. The van der Waals surface area contributed by atoms with Gasteiger partial charge in [0.05, 0.1) is 19.0 Å². The van der Waals surface area contributed by atoms with Crippen LogP contribution in [0.5, 0.6) is 0 Å². The van der Waals surface area contributed by atoms with Gasteiger partial charge in [-0.15, -0.1) is 20.0 Å². The van der Waals surface area contributed by atoms with Gasteiger partial charge in [-0.1, -0.05) is 12.2 Å². The Balaban J connectivity index is 1.51. The summed E-state index contributed by atoms with van der Waals surface area (Å²) in [6.07, 6.45) is 3.35. The Morgan fingerprint density at radius 3 is 2.97 bits per heavy atom. The number of ether oxygens (including phenoxy) is 1. The molecule has 12 nitrogen and oxygen atoms in total. The molecule has 148 valence electrons. The number of aliphatic hydroxyl groups excluding tert-OH is 2. The normalized spacial score (nSPS) is 25.0. The summed E-state index contributed by atoms with van der Waals surface area (Å²) in [6.45, 7) is -0.244. The van der Waals surface area contributed by atoms with Crippen LogP contribution in [0.3, 0.4) is 0 Å². The number of guanidine groups is 1. The molecule has 3 atom stereocenters. The Hall–Kier alpha value is -3.00. The summed E-state index contributed by atoms with van der Waals surface area (Å²) in [4.78, 5) is 29.0. The Bertz CT molecular complexity index is 1280. The van der Waals surface area contributed by atoms with Gasteiger partial charge in [0, 0.05) is 19.7 Å². The van der Waals surface area contributed by atoms with E-state index in [1.165, 1.54) is 6.33 Å². The van der Waals surface area contributed by atoms with E-state index in [1.807, 2.05) is 0 Å². The molecule has 13 heteroatoms. The van der Waals surface area contributed by atoms with Crippen LogP contribution in [-0.4, -0.2) is 76.1 Å². The zero-order valence-corrected chi connectivity index (χ0v) is 16.0. The van der Waals surface area contributed by atoms with Crippen LogP contribution in [0.15, 0.2) is 28.8 Å². The first-order chi connectivity index (χ1) is 14.0. The Labute approximate surface area is 168 Å². The van der Waals surface area contributed by atoms with Crippen molar-refractivity contribution < 1.29 is 19.5 Å².